The van der Waals surface area contributed by atoms with Crippen molar-refractivity contribution in [3.63, 3.8) is 0 Å². The minimum atomic E-state index is -3.87. The first-order chi connectivity index (χ1) is 13.9. The average molecular weight is 409 g/mol. The number of ketones is 1. The lowest BCUT2D eigenvalue weighted by Crippen LogP contribution is -2.33. The van der Waals surface area contributed by atoms with Crippen LogP contribution >= 0.6 is 0 Å². The summed E-state index contributed by atoms with van der Waals surface area (Å²) in [4.78, 5) is 25.2. The summed E-state index contributed by atoms with van der Waals surface area (Å²) in [5.41, 5.74) is 0.444. The van der Waals surface area contributed by atoms with Crippen LogP contribution in [-0.4, -0.2) is 26.2 Å². The van der Waals surface area contributed by atoms with Crippen LogP contribution in [0.1, 0.15) is 45.4 Å². The van der Waals surface area contributed by atoms with E-state index < -0.39 is 9.84 Å². The van der Waals surface area contributed by atoms with Crippen LogP contribution in [0.5, 0.6) is 0 Å². The number of hydrogen-bond donors (Lipinski definition) is 1. The Hall–Kier alpha value is -3.19. The summed E-state index contributed by atoms with van der Waals surface area (Å²) >= 11 is 0. The van der Waals surface area contributed by atoms with Crippen LogP contribution in [0, 0.1) is 0 Å². The van der Waals surface area contributed by atoms with Crippen molar-refractivity contribution in [2.75, 3.05) is 0 Å². The van der Waals surface area contributed by atoms with Crippen LogP contribution in [0.15, 0.2) is 75.1 Å². The Kier molecular flexibility index (Phi) is 4.84. The first-order valence-corrected chi connectivity index (χ1v) is 10.7. The molecule has 6 nitrogen and oxygen atoms in total. The van der Waals surface area contributed by atoms with Gasteiger partial charge in [-0.15, -0.1) is 0 Å². The molecule has 7 heteroatoms. The Morgan fingerprint density at radius 2 is 1.79 bits per heavy atom. The van der Waals surface area contributed by atoms with Crippen LogP contribution in [0.3, 0.4) is 0 Å². The third-order valence-corrected chi connectivity index (χ3v) is 6.83. The molecular formula is C22H19NO5S. The molecule has 0 bridgehead atoms. The van der Waals surface area contributed by atoms with Crippen LogP contribution in [0.4, 0.5) is 0 Å². The summed E-state index contributed by atoms with van der Waals surface area (Å²) in [5, 5.41) is 2.86. The maximum atomic E-state index is 13.0. The van der Waals surface area contributed by atoms with Crippen molar-refractivity contribution in [1.29, 1.82) is 0 Å². The lowest BCUT2D eigenvalue weighted by atomic mass is 10.0. The number of nitrogens with one attached hydrogen (secondary N) is 1. The Morgan fingerprint density at radius 3 is 2.55 bits per heavy atom. The third kappa shape index (κ3) is 3.49. The monoisotopic (exact) mass is 409 g/mol. The molecule has 29 heavy (non-hydrogen) atoms. The van der Waals surface area contributed by atoms with E-state index in [0.29, 0.717) is 12.8 Å². The van der Waals surface area contributed by atoms with E-state index in [2.05, 4.69) is 5.32 Å². The molecule has 0 unspecified atom stereocenters. The van der Waals surface area contributed by atoms with Crippen LogP contribution in [0.2, 0.25) is 0 Å². The predicted molar refractivity (Wildman–Crippen MR) is 106 cm³/mol. The van der Waals surface area contributed by atoms with Gasteiger partial charge >= 0.3 is 0 Å². The molecule has 1 aliphatic heterocycles. The summed E-state index contributed by atoms with van der Waals surface area (Å²) in [6.45, 7) is 1.87. The van der Waals surface area contributed by atoms with Crippen molar-refractivity contribution in [2.24, 2.45) is 0 Å². The molecule has 2 heterocycles. The van der Waals surface area contributed by atoms with E-state index >= 15 is 0 Å². The number of fused-ring (bicyclic) bond motifs is 2. The zero-order valence-electron chi connectivity index (χ0n) is 15.7. The van der Waals surface area contributed by atoms with Gasteiger partial charge in [-0.25, -0.2) is 8.42 Å². The molecule has 148 valence electrons. The number of carbonyl (C=O) groups is 2. The minimum absolute atomic E-state index is 0.0260. The number of hydrogen-bond acceptors (Lipinski definition) is 5. The van der Waals surface area contributed by atoms with Gasteiger partial charge in [0, 0.05) is 29.2 Å². The van der Waals surface area contributed by atoms with Gasteiger partial charge in [0.25, 0.3) is 5.91 Å². The normalized spacial score (nSPS) is 15.3. The lowest BCUT2D eigenvalue weighted by molar-refractivity contribution is 0.0936. The van der Waals surface area contributed by atoms with Crippen LogP contribution in [-0.2, 0) is 16.3 Å². The van der Waals surface area contributed by atoms with Crippen molar-refractivity contribution < 1.29 is 22.4 Å². The van der Waals surface area contributed by atoms with Crippen molar-refractivity contribution in [1.82, 2.24) is 5.32 Å². The van der Waals surface area contributed by atoms with Gasteiger partial charge < -0.3 is 9.73 Å². The van der Waals surface area contributed by atoms with Crippen LogP contribution in [0.25, 0.3) is 0 Å². The fourth-order valence-electron chi connectivity index (χ4n) is 3.42. The molecule has 0 aliphatic carbocycles. The number of rotatable bonds is 5. The van der Waals surface area contributed by atoms with Crippen molar-refractivity contribution in [2.45, 2.75) is 35.6 Å². The van der Waals surface area contributed by atoms with E-state index in [0.717, 1.165) is 5.76 Å². The molecule has 2 aromatic carbocycles. The highest BCUT2D eigenvalue weighted by Crippen LogP contribution is 2.34. The van der Waals surface area contributed by atoms with Gasteiger partial charge in [0.1, 0.15) is 5.76 Å². The zero-order chi connectivity index (χ0) is 20.6. The fourth-order valence-corrected chi connectivity index (χ4v) is 5.10. The lowest BCUT2D eigenvalue weighted by Gasteiger charge is -2.20. The number of aryl methyl sites for hydroxylation is 1. The molecule has 0 saturated carbocycles. The highest BCUT2D eigenvalue weighted by atomic mass is 32.2. The standard InChI is InChI=1S/C22H19NO5S/c1-14(8-10-16-5-4-12-28-16)23-22(25)15-9-11-18-20(13-15)29(26,27)19-7-3-2-6-17(19)21(18)24/h2-7,9,11-14H,8,10H2,1H3,(H,23,25)/t14-/m0/s1. The van der Waals surface area contributed by atoms with E-state index in [1.807, 2.05) is 19.1 Å². The minimum Gasteiger partial charge on any atom is -0.469 e. The summed E-state index contributed by atoms with van der Waals surface area (Å²) in [6, 6.07) is 13.8. The number of carbonyl (C=O) groups excluding carboxylic acids is 2. The molecule has 0 saturated heterocycles. The third-order valence-electron chi connectivity index (χ3n) is 4.98. The second-order valence-electron chi connectivity index (χ2n) is 7.03. The fraction of sp³-hybridized carbons (Fsp3) is 0.182. The van der Waals surface area contributed by atoms with Gasteiger partial charge in [-0.1, -0.05) is 12.1 Å². The van der Waals surface area contributed by atoms with Gasteiger partial charge in [0.15, 0.2) is 5.78 Å². The maximum Gasteiger partial charge on any atom is 0.251 e. The molecule has 1 amide bonds. The Morgan fingerprint density at radius 1 is 1.03 bits per heavy atom. The van der Waals surface area contributed by atoms with Gasteiger partial charge in [-0.3, -0.25) is 9.59 Å². The van der Waals surface area contributed by atoms with Gasteiger partial charge in [0.05, 0.1) is 16.1 Å². The van der Waals surface area contributed by atoms with Gasteiger partial charge in [-0.05, 0) is 55.8 Å². The molecule has 4 rings (SSSR count). The van der Waals surface area contributed by atoms with Gasteiger partial charge in [0.2, 0.25) is 9.84 Å². The van der Waals surface area contributed by atoms with E-state index in [9.17, 15) is 18.0 Å². The highest BCUT2D eigenvalue weighted by molar-refractivity contribution is 7.91. The van der Waals surface area contributed by atoms with E-state index in [1.165, 1.54) is 30.3 Å². The second kappa shape index (κ2) is 7.33. The zero-order valence-corrected chi connectivity index (χ0v) is 16.5. The van der Waals surface area contributed by atoms with Gasteiger partial charge in [-0.2, -0.15) is 0 Å². The molecule has 1 aromatic heterocycles. The van der Waals surface area contributed by atoms with E-state index in [4.69, 9.17) is 4.42 Å². The first kappa shape index (κ1) is 19.1. The topological polar surface area (TPSA) is 93.4 Å². The SMILES string of the molecule is C[C@@H](CCc1ccco1)NC(=O)c1ccc2c(c1)S(=O)(=O)c1ccccc1C2=O. The molecular weight excluding hydrogens is 390 g/mol. The van der Waals surface area contributed by atoms with Crippen molar-refractivity contribution in [3.8, 4) is 0 Å². The summed E-state index contributed by atoms with van der Waals surface area (Å²) in [7, 11) is -3.87. The Bertz CT molecular complexity index is 1200. The number of sulfone groups is 1. The molecule has 0 radical (unpaired) electrons. The molecule has 3 aromatic rings. The van der Waals surface area contributed by atoms with Crippen LogP contribution < -0.4 is 5.32 Å². The Balaban J connectivity index is 1.57. The van der Waals surface area contributed by atoms with Crippen molar-refractivity contribution in [3.05, 3.63) is 83.3 Å². The average Bonchev–Trinajstić information content (AvgIpc) is 3.24. The second-order valence-corrected chi connectivity index (χ2v) is 8.92. The quantitative estimate of drug-likeness (QED) is 0.545. The van der Waals surface area contributed by atoms with Crippen molar-refractivity contribution >= 4 is 21.5 Å². The number of furan rings is 1. The molecule has 1 N–H and O–H groups in total. The highest BCUT2D eigenvalue weighted by Gasteiger charge is 2.35. The number of amides is 1. The Labute approximate surface area is 168 Å². The van der Waals surface area contributed by atoms with E-state index in [-0.39, 0.29) is 44.2 Å². The first-order valence-electron chi connectivity index (χ1n) is 9.24. The van der Waals surface area contributed by atoms with E-state index in [1.54, 1.807) is 18.4 Å². The molecule has 0 fully saturated rings. The number of benzene rings is 2. The predicted octanol–water partition coefficient (Wildman–Crippen LogP) is 3.41. The molecule has 1 aliphatic rings. The summed E-state index contributed by atoms with van der Waals surface area (Å²) < 4.78 is 31.2. The smallest absolute Gasteiger partial charge is 0.251 e. The largest absolute Gasteiger partial charge is 0.469 e. The molecule has 1 atom stereocenters. The summed E-state index contributed by atoms with van der Waals surface area (Å²) in [6.07, 6.45) is 2.96. The molecule has 0 spiro atoms. The summed E-state index contributed by atoms with van der Waals surface area (Å²) in [5.74, 6) is 0.0913. The maximum absolute atomic E-state index is 13.0.